The second-order valence-corrected chi connectivity index (χ2v) is 17.5. The van der Waals surface area contributed by atoms with Crippen LogP contribution in [0.2, 0.25) is 0 Å². The molecule has 0 bridgehead atoms. The van der Waals surface area contributed by atoms with Crippen molar-refractivity contribution in [2.75, 3.05) is 26.4 Å². The van der Waals surface area contributed by atoms with E-state index < -0.39 is 66.2 Å². The zero-order valence-electron chi connectivity index (χ0n) is 34.1. The number of carbonyl (C=O) groups is 2. The molecule has 1 fully saturated rings. The van der Waals surface area contributed by atoms with Gasteiger partial charge in [-0.1, -0.05) is 128 Å². The highest BCUT2D eigenvalue weighted by Crippen LogP contribution is 2.44. The summed E-state index contributed by atoms with van der Waals surface area (Å²) in [5.41, 5.74) is 0. The van der Waals surface area contributed by atoms with E-state index in [9.17, 15) is 28.7 Å². The Hall–Kier alpha value is -1.70. The average Bonchev–Trinajstić information content (AvgIpc) is 3.89. The van der Waals surface area contributed by atoms with Gasteiger partial charge in [0.05, 0.1) is 32.0 Å². The number of phosphoric ester groups is 2. The molecule has 0 aliphatic carbocycles. The minimum Gasteiger partial charge on any atom is -0.462 e. The SMILES string of the molecule is CCCCCC1OC1C/C=C\C/C=C\C/C=C\CCCC(=O)OC[C@H](COP(=O)(O)OC[C@@H](O)COP(=O)(O)O)OC(=O)CCCCCCCCCCC(C)C. The zero-order valence-corrected chi connectivity index (χ0v) is 35.9. The number of hydrogen-bond acceptors (Lipinski definition) is 11. The van der Waals surface area contributed by atoms with Gasteiger partial charge in [-0.05, 0) is 50.9 Å². The van der Waals surface area contributed by atoms with E-state index in [0.717, 1.165) is 50.9 Å². The first-order valence-electron chi connectivity index (χ1n) is 20.7. The highest BCUT2D eigenvalue weighted by Gasteiger charge is 2.36. The first kappa shape index (κ1) is 52.3. The van der Waals surface area contributed by atoms with E-state index in [1.165, 1.54) is 51.4 Å². The number of epoxide rings is 1. The van der Waals surface area contributed by atoms with Crippen molar-refractivity contribution in [3.05, 3.63) is 36.5 Å². The van der Waals surface area contributed by atoms with Crippen LogP contribution < -0.4 is 0 Å². The highest BCUT2D eigenvalue weighted by atomic mass is 31.2. The Kier molecular flexibility index (Phi) is 30.1. The third kappa shape index (κ3) is 33.3. The Bertz CT molecular complexity index is 1220. The molecule has 56 heavy (non-hydrogen) atoms. The van der Waals surface area contributed by atoms with E-state index in [-0.39, 0.29) is 12.8 Å². The van der Waals surface area contributed by atoms with Crippen LogP contribution in [-0.2, 0) is 46.5 Å². The van der Waals surface area contributed by atoms with Crippen LogP contribution >= 0.6 is 15.6 Å². The van der Waals surface area contributed by atoms with Gasteiger partial charge >= 0.3 is 27.6 Å². The van der Waals surface area contributed by atoms with Crippen LogP contribution in [0, 0.1) is 5.92 Å². The minimum atomic E-state index is -4.87. The molecule has 14 nitrogen and oxygen atoms in total. The number of ether oxygens (including phenoxy) is 3. The third-order valence-electron chi connectivity index (χ3n) is 8.87. The summed E-state index contributed by atoms with van der Waals surface area (Å²) in [6.45, 7) is 3.90. The molecule has 4 N–H and O–H groups in total. The number of hydrogen-bond donors (Lipinski definition) is 4. The van der Waals surface area contributed by atoms with Crippen LogP contribution in [0.1, 0.15) is 149 Å². The Morgan fingerprint density at radius 1 is 0.679 bits per heavy atom. The summed E-state index contributed by atoms with van der Waals surface area (Å²) < 4.78 is 53.3. The second-order valence-electron chi connectivity index (χ2n) is 14.8. The monoisotopic (exact) mass is 838 g/mol. The van der Waals surface area contributed by atoms with E-state index in [4.69, 9.17) is 28.5 Å². The summed E-state index contributed by atoms with van der Waals surface area (Å²) in [4.78, 5) is 52.5. The van der Waals surface area contributed by atoms with Crippen LogP contribution in [0.4, 0.5) is 0 Å². The summed E-state index contributed by atoms with van der Waals surface area (Å²) >= 11 is 0. The van der Waals surface area contributed by atoms with Gasteiger partial charge in [0.25, 0.3) is 0 Å². The van der Waals surface area contributed by atoms with E-state index >= 15 is 0 Å². The van der Waals surface area contributed by atoms with Crippen molar-refractivity contribution in [1.82, 2.24) is 0 Å². The molecular formula is C40H72O14P2. The minimum absolute atomic E-state index is 0.116. The number of unbranched alkanes of at least 4 members (excludes halogenated alkanes) is 10. The standard InChI is InChI=1S/C40H72O14P2/c1-4-5-20-26-37-38(54-37)27-22-17-13-8-6-7-9-14-18-23-28-39(42)49-32-36(33-52-56(47,48)51-31-35(41)30-50-55(44,45)46)53-40(43)29-24-19-15-11-10-12-16-21-25-34(2)3/h6,8-9,14,17,22,34-38,41H,4-5,7,10-13,15-16,18-21,23-33H2,1-3H3,(H,47,48)(H2,44,45,46)/b8-6-,14-9-,22-17-/t35-,36+,37?,38?/m0/s1. The fourth-order valence-corrected chi connectivity index (χ4v) is 6.77. The first-order chi connectivity index (χ1) is 26.7. The Balaban J connectivity index is 2.40. The molecule has 1 saturated heterocycles. The lowest BCUT2D eigenvalue weighted by Crippen LogP contribution is -2.30. The van der Waals surface area contributed by atoms with Crippen molar-refractivity contribution in [2.45, 2.75) is 174 Å². The fourth-order valence-electron chi connectivity index (χ4n) is 5.62. The van der Waals surface area contributed by atoms with E-state index in [2.05, 4.69) is 54.1 Å². The molecule has 3 unspecified atom stereocenters. The number of aliphatic hydroxyl groups excluding tert-OH is 1. The molecule has 326 valence electrons. The van der Waals surface area contributed by atoms with Crippen molar-refractivity contribution in [1.29, 1.82) is 0 Å². The quantitative estimate of drug-likeness (QED) is 0.0151. The summed E-state index contributed by atoms with van der Waals surface area (Å²) in [6, 6.07) is 0. The van der Waals surface area contributed by atoms with Crippen molar-refractivity contribution in [3.8, 4) is 0 Å². The molecule has 0 radical (unpaired) electrons. The maximum Gasteiger partial charge on any atom is 0.472 e. The van der Waals surface area contributed by atoms with Crippen molar-refractivity contribution in [3.63, 3.8) is 0 Å². The summed E-state index contributed by atoms with van der Waals surface area (Å²) in [6.07, 6.45) is 29.2. The number of allylic oxidation sites excluding steroid dienone is 5. The average molecular weight is 839 g/mol. The molecular weight excluding hydrogens is 766 g/mol. The number of carbonyl (C=O) groups excluding carboxylic acids is 2. The number of aliphatic hydroxyl groups is 1. The van der Waals surface area contributed by atoms with Crippen LogP contribution in [0.5, 0.6) is 0 Å². The lowest BCUT2D eigenvalue weighted by Gasteiger charge is -2.20. The normalized spacial score (nSPS) is 18.2. The molecule has 1 rings (SSSR count). The largest absolute Gasteiger partial charge is 0.472 e. The zero-order chi connectivity index (χ0) is 41.5. The van der Waals surface area contributed by atoms with Gasteiger partial charge in [0.2, 0.25) is 0 Å². The maximum atomic E-state index is 12.6. The highest BCUT2D eigenvalue weighted by molar-refractivity contribution is 7.47. The van der Waals surface area contributed by atoms with Gasteiger partial charge in [-0.3, -0.25) is 23.2 Å². The van der Waals surface area contributed by atoms with Gasteiger partial charge in [0.1, 0.15) is 12.7 Å². The van der Waals surface area contributed by atoms with Crippen molar-refractivity contribution >= 4 is 27.6 Å². The molecule has 5 atom stereocenters. The van der Waals surface area contributed by atoms with Gasteiger partial charge in [-0.2, -0.15) is 0 Å². The summed E-state index contributed by atoms with van der Waals surface area (Å²) in [5, 5.41) is 9.72. The smallest absolute Gasteiger partial charge is 0.462 e. The second kappa shape index (κ2) is 32.2. The molecule has 16 heteroatoms. The molecule has 0 aromatic rings. The Morgan fingerprint density at radius 2 is 1.27 bits per heavy atom. The van der Waals surface area contributed by atoms with E-state index in [1.807, 2.05) is 12.2 Å². The molecule has 1 aliphatic heterocycles. The number of phosphoric acid groups is 2. The van der Waals surface area contributed by atoms with Crippen LogP contribution in [0.25, 0.3) is 0 Å². The molecule has 0 aromatic heterocycles. The molecule has 0 saturated carbocycles. The van der Waals surface area contributed by atoms with Crippen molar-refractivity contribution < 1.29 is 66.3 Å². The molecule has 0 aromatic carbocycles. The lowest BCUT2D eigenvalue weighted by molar-refractivity contribution is -0.161. The van der Waals surface area contributed by atoms with Gasteiger partial charge in [-0.25, -0.2) is 9.13 Å². The molecule has 1 heterocycles. The maximum absolute atomic E-state index is 12.6. The number of rotatable bonds is 37. The predicted molar refractivity (Wildman–Crippen MR) is 216 cm³/mol. The molecule has 0 amide bonds. The molecule has 1 aliphatic rings. The van der Waals surface area contributed by atoms with Gasteiger partial charge in [-0.15, -0.1) is 0 Å². The molecule has 0 spiro atoms. The van der Waals surface area contributed by atoms with Gasteiger partial charge in [0.15, 0.2) is 6.10 Å². The summed E-state index contributed by atoms with van der Waals surface area (Å²) in [7, 11) is -9.68. The van der Waals surface area contributed by atoms with Crippen LogP contribution in [0.3, 0.4) is 0 Å². The van der Waals surface area contributed by atoms with E-state index in [0.29, 0.717) is 31.5 Å². The van der Waals surface area contributed by atoms with Crippen LogP contribution in [-0.4, -0.2) is 82.6 Å². The van der Waals surface area contributed by atoms with Crippen LogP contribution in [0.15, 0.2) is 36.5 Å². The third-order valence-corrected chi connectivity index (χ3v) is 10.3. The topological polar surface area (TPSA) is 208 Å². The number of esters is 2. The Labute approximate surface area is 335 Å². The Morgan fingerprint density at radius 3 is 1.93 bits per heavy atom. The fraction of sp³-hybridized carbons (Fsp3) is 0.800. The van der Waals surface area contributed by atoms with E-state index in [1.54, 1.807) is 0 Å². The summed E-state index contributed by atoms with van der Waals surface area (Å²) in [5.74, 6) is -0.373. The lowest BCUT2D eigenvalue weighted by atomic mass is 10.0. The van der Waals surface area contributed by atoms with Gasteiger partial charge < -0.3 is 34.0 Å². The predicted octanol–water partition coefficient (Wildman–Crippen LogP) is 8.96. The van der Waals surface area contributed by atoms with Gasteiger partial charge in [0, 0.05) is 12.8 Å². The van der Waals surface area contributed by atoms with Crippen molar-refractivity contribution in [2.24, 2.45) is 5.92 Å². The first-order valence-corrected chi connectivity index (χ1v) is 23.7.